The minimum Gasteiger partial charge on any atom is -0.383 e. The van der Waals surface area contributed by atoms with Crippen molar-refractivity contribution >= 4 is 60.7 Å². The molecule has 1 aromatic heterocycles. The molecule has 0 aliphatic rings. The molecular weight excluding hydrogens is 517 g/mol. The van der Waals surface area contributed by atoms with Gasteiger partial charge in [-0.2, -0.15) is 9.30 Å². The molecule has 3 aromatic rings. The normalized spacial score (nSPS) is 12.4. The van der Waals surface area contributed by atoms with Crippen molar-refractivity contribution in [3.05, 3.63) is 82.1 Å². The minimum atomic E-state index is -3.76. The molecule has 2 aromatic carbocycles. The number of fused-ring (bicyclic) bond motifs is 1. The lowest BCUT2D eigenvalue weighted by Crippen LogP contribution is -2.31. The number of carbonyl (C=O) groups excluding carboxylic acids is 1. The van der Waals surface area contributed by atoms with Crippen molar-refractivity contribution in [3.63, 3.8) is 0 Å². The van der Waals surface area contributed by atoms with E-state index in [2.05, 4.69) is 18.2 Å². The maximum absolute atomic E-state index is 12.9. The van der Waals surface area contributed by atoms with E-state index in [-0.39, 0.29) is 23.5 Å². The van der Waals surface area contributed by atoms with Crippen LogP contribution in [-0.2, 0) is 21.3 Å². The number of sulfonamides is 1. The van der Waals surface area contributed by atoms with Crippen LogP contribution in [0.5, 0.6) is 0 Å². The lowest BCUT2D eigenvalue weighted by Gasteiger charge is -2.19. The lowest BCUT2D eigenvalue weighted by atomic mass is 10.2. The Morgan fingerprint density at radius 3 is 2.38 bits per heavy atom. The molecular formula is C23H23Cl2N3O4S2. The SMILES string of the molecule is C=CCN(CC=C)S(=O)(=O)c1ccc(C(=O)N=c2sc3ccc(Cl)c(Cl)c3n2CCOC)cc1. The summed E-state index contributed by atoms with van der Waals surface area (Å²) in [5.74, 6) is -0.516. The maximum atomic E-state index is 12.9. The first kappa shape index (κ1) is 26.3. The summed E-state index contributed by atoms with van der Waals surface area (Å²) in [6, 6.07) is 9.16. The molecule has 0 aliphatic heterocycles. The Balaban J connectivity index is 2.00. The van der Waals surface area contributed by atoms with Gasteiger partial charge in [0.05, 0.1) is 31.8 Å². The monoisotopic (exact) mass is 539 g/mol. The first-order chi connectivity index (χ1) is 16.2. The molecule has 180 valence electrons. The van der Waals surface area contributed by atoms with E-state index in [9.17, 15) is 13.2 Å². The van der Waals surface area contributed by atoms with Crippen LogP contribution in [0.3, 0.4) is 0 Å². The van der Waals surface area contributed by atoms with Crippen molar-refractivity contribution in [1.29, 1.82) is 0 Å². The molecule has 1 heterocycles. The van der Waals surface area contributed by atoms with Crippen molar-refractivity contribution < 1.29 is 17.9 Å². The number of carbonyl (C=O) groups is 1. The van der Waals surface area contributed by atoms with E-state index in [1.807, 2.05) is 6.07 Å². The van der Waals surface area contributed by atoms with E-state index in [1.54, 1.807) is 17.7 Å². The number of hydrogen-bond donors (Lipinski definition) is 0. The first-order valence-corrected chi connectivity index (χ1v) is 13.1. The fourth-order valence-electron chi connectivity index (χ4n) is 3.21. The van der Waals surface area contributed by atoms with Gasteiger partial charge in [-0.3, -0.25) is 4.79 Å². The van der Waals surface area contributed by atoms with Crippen LogP contribution in [0, 0.1) is 0 Å². The third kappa shape index (κ3) is 5.51. The molecule has 0 spiro atoms. The predicted octanol–water partition coefficient (Wildman–Crippen LogP) is 4.76. The molecule has 0 fully saturated rings. The average Bonchev–Trinajstić information content (AvgIpc) is 3.17. The van der Waals surface area contributed by atoms with Gasteiger partial charge >= 0.3 is 0 Å². The number of halogens is 2. The number of aromatic nitrogens is 1. The molecule has 0 N–H and O–H groups in total. The van der Waals surface area contributed by atoms with Gasteiger partial charge < -0.3 is 9.30 Å². The molecule has 34 heavy (non-hydrogen) atoms. The Bertz CT molecular complexity index is 1380. The maximum Gasteiger partial charge on any atom is 0.279 e. The third-order valence-electron chi connectivity index (χ3n) is 4.85. The summed E-state index contributed by atoms with van der Waals surface area (Å²) in [4.78, 5) is 17.7. The average molecular weight is 540 g/mol. The molecule has 11 heteroatoms. The molecule has 0 aliphatic carbocycles. The number of thiazole rings is 1. The number of amides is 1. The molecule has 0 saturated heterocycles. The van der Waals surface area contributed by atoms with E-state index in [0.29, 0.717) is 33.5 Å². The second kappa shape index (κ2) is 11.4. The van der Waals surface area contributed by atoms with Crippen molar-refractivity contribution in [2.24, 2.45) is 4.99 Å². The highest BCUT2D eigenvalue weighted by molar-refractivity contribution is 7.89. The summed E-state index contributed by atoms with van der Waals surface area (Å²) in [6.07, 6.45) is 3.00. The lowest BCUT2D eigenvalue weighted by molar-refractivity contribution is 0.0997. The molecule has 1 amide bonds. The van der Waals surface area contributed by atoms with E-state index >= 15 is 0 Å². The van der Waals surface area contributed by atoms with E-state index in [1.165, 1.54) is 52.1 Å². The summed E-state index contributed by atoms with van der Waals surface area (Å²) < 4.78 is 34.8. The van der Waals surface area contributed by atoms with Crippen LogP contribution >= 0.6 is 34.5 Å². The molecule has 0 bridgehead atoms. The fraction of sp³-hybridized carbons (Fsp3) is 0.217. The summed E-state index contributed by atoms with van der Waals surface area (Å²) in [5.41, 5.74) is 0.923. The highest BCUT2D eigenvalue weighted by Gasteiger charge is 2.22. The largest absolute Gasteiger partial charge is 0.383 e. The number of nitrogens with zero attached hydrogens (tertiary/aromatic N) is 3. The van der Waals surface area contributed by atoms with Crippen molar-refractivity contribution in [2.45, 2.75) is 11.4 Å². The number of methoxy groups -OCH3 is 1. The van der Waals surface area contributed by atoms with Gasteiger partial charge in [0.15, 0.2) is 4.80 Å². The van der Waals surface area contributed by atoms with E-state index < -0.39 is 15.9 Å². The van der Waals surface area contributed by atoms with Crippen LogP contribution in [0.1, 0.15) is 10.4 Å². The van der Waals surface area contributed by atoms with Crippen molar-refractivity contribution in [1.82, 2.24) is 8.87 Å². The van der Waals surface area contributed by atoms with Gasteiger partial charge in [-0.05, 0) is 36.4 Å². The van der Waals surface area contributed by atoms with Crippen LogP contribution in [0.4, 0.5) is 0 Å². The summed E-state index contributed by atoms with van der Waals surface area (Å²) in [6.45, 7) is 8.28. The highest BCUT2D eigenvalue weighted by atomic mass is 35.5. The molecule has 7 nitrogen and oxygen atoms in total. The standard InChI is InChI=1S/C23H23Cl2N3O4S2/c1-4-12-27(13-5-2)34(30,31)17-8-6-16(7-9-17)22(29)26-23-28(14-15-32-3)21-19(33-23)11-10-18(24)20(21)25/h4-11H,1-2,12-15H2,3H3. The smallest absolute Gasteiger partial charge is 0.279 e. The number of rotatable bonds is 10. The zero-order valence-corrected chi connectivity index (χ0v) is 21.6. The molecule has 0 radical (unpaired) electrons. The zero-order chi connectivity index (χ0) is 24.9. The van der Waals surface area contributed by atoms with Crippen LogP contribution in [0.2, 0.25) is 10.0 Å². The van der Waals surface area contributed by atoms with E-state index in [4.69, 9.17) is 27.9 Å². The fourth-order valence-corrected chi connectivity index (χ4v) is 6.13. The van der Waals surface area contributed by atoms with Gasteiger partial charge in [-0.1, -0.05) is 46.7 Å². The Morgan fingerprint density at radius 1 is 1.15 bits per heavy atom. The number of hydrogen-bond acceptors (Lipinski definition) is 5. The van der Waals surface area contributed by atoms with Gasteiger partial charge in [-0.15, -0.1) is 13.2 Å². The summed E-state index contributed by atoms with van der Waals surface area (Å²) in [5, 5.41) is 0.772. The third-order valence-corrected chi connectivity index (χ3v) is 8.54. The van der Waals surface area contributed by atoms with E-state index in [0.717, 1.165) is 4.70 Å². The molecule has 0 saturated carbocycles. The Labute approximate surface area is 212 Å². The first-order valence-electron chi connectivity index (χ1n) is 10.1. The second-order valence-electron chi connectivity index (χ2n) is 7.08. The highest BCUT2D eigenvalue weighted by Crippen LogP contribution is 2.32. The number of ether oxygens (including phenoxy) is 1. The van der Waals surface area contributed by atoms with Gasteiger partial charge in [-0.25, -0.2) is 8.42 Å². The number of benzene rings is 2. The van der Waals surface area contributed by atoms with Crippen molar-refractivity contribution in [2.75, 3.05) is 26.8 Å². The van der Waals surface area contributed by atoms with Crippen LogP contribution < -0.4 is 4.80 Å². The van der Waals surface area contributed by atoms with Gasteiger partial charge in [0.1, 0.15) is 0 Å². The topological polar surface area (TPSA) is 81.0 Å². The summed E-state index contributed by atoms with van der Waals surface area (Å²) in [7, 11) is -2.19. The predicted molar refractivity (Wildman–Crippen MR) is 137 cm³/mol. The molecule has 0 unspecified atom stereocenters. The minimum absolute atomic E-state index is 0.0613. The molecule has 0 atom stereocenters. The second-order valence-corrected chi connectivity index (χ2v) is 10.8. The summed E-state index contributed by atoms with van der Waals surface area (Å²) >= 11 is 13.9. The van der Waals surface area contributed by atoms with Gasteiger partial charge in [0.25, 0.3) is 5.91 Å². The Morgan fingerprint density at radius 2 is 1.79 bits per heavy atom. The Hall–Kier alpha value is -2.27. The van der Waals surface area contributed by atoms with Crippen LogP contribution in [-0.4, -0.2) is 50.0 Å². The van der Waals surface area contributed by atoms with Gasteiger partial charge in [0, 0.05) is 32.3 Å². The molecule has 3 rings (SSSR count). The van der Waals surface area contributed by atoms with Crippen LogP contribution in [0.15, 0.2) is 71.6 Å². The van der Waals surface area contributed by atoms with Crippen molar-refractivity contribution in [3.8, 4) is 0 Å². The zero-order valence-electron chi connectivity index (χ0n) is 18.4. The Kier molecular flexibility index (Phi) is 8.86. The van der Waals surface area contributed by atoms with Crippen LogP contribution in [0.25, 0.3) is 10.2 Å². The van der Waals surface area contributed by atoms with Gasteiger partial charge in [0.2, 0.25) is 10.0 Å². The quantitative estimate of drug-likeness (QED) is 0.348.